The zero-order valence-corrected chi connectivity index (χ0v) is 22.3. The molecule has 2 nitrogen and oxygen atoms in total. The Morgan fingerprint density at radius 1 is 0.938 bits per heavy atom. The Balaban J connectivity index is 1.42. The highest BCUT2D eigenvalue weighted by Crippen LogP contribution is 2.68. The van der Waals surface area contributed by atoms with Crippen molar-refractivity contribution in [2.45, 2.75) is 118 Å². The maximum atomic E-state index is 11.7. The fourth-order valence-electron chi connectivity index (χ4n) is 9.57. The second kappa shape index (κ2) is 9.79. The van der Waals surface area contributed by atoms with Crippen LogP contribution >= 0.6 is 11.6 Å². The number of carbonyl (C=O) groups excluding carboxylic acids is 1. The van der Waals surface area contributed by atoms with Crippen LogP contribution in [0.3, 0.4) is 0 Å². The highest BCUT2D eigenvalue weighted by molar-refractivity contribution is 6.26. The van der Waals surface area contributed by atoms with Crippen LogP contribution in [0.5, 0.6) is 0 Å². The molecule has 4 rings (SSSR count). The number of carbonyl (C=O) groups is 1. The van der Waals surface area contributed by atoms with Crippen LogP contribution < -0.4 is 0 Å². The second-order valence-electron chi connectivity index (χ2n) is 13.2. The summed E-state index contributed by atoms with van der Waals surface area (Å²) < 4.78 is 5.67. The minimum atomic E-state index is -0.234. The average Bonchev–Trinajstić information content (AvgIpc) is 3.11. The van der Waals surface area contributed by atoms with Gasteiger partial charge in [-0.1, -0.05) is 53.9 Å². The van der Waals surface area contributed by atoms with Crippen molar-refractivity contribution in [3.63, 3.8) is 0 Å². The van der Waals surface area contributed by atoms with Gasteiger partial charge in [0.1, 0.15) is 12.0 Å². The predicted octanol–water partition coefficient (Wildman–Crippen LogP) is 8.26. The van der Waals surface area contributed by atoms with Gasteiger partial charge < -0.3 is 4.74 Å². The van der Waals surface area contributed by atoms with Crippen molar-refractivity contribution < 1.29 is 9.53 Å². The van der Waals surface area contributed by atoms with Crippen LogP contribution in [0.1, 0.15) is 112 Å². The van der Waals surface area contributed by atoms with Gasteiger partial charge in [-0.2, -0.15) is 0 Å². The molecule has 0 aromatic rings. The van der Waals surface area contributed by atoms with Crippen molar-refractivity contribution in [2.24, 2.45) is 52.3 Å². The Hall–Kier alpha value is -0.240. The van der Waals surface area contributed by atoms with Crippen molar-refractivity contribution in [3.05, 3.63) is 0 Å². The van der Waals surface area contributed by atoms with Crippen LogP contribution in [-0.4, -0.2) is 18.0 Å². The van der Waals surface area contributed by atoms with Crippen molar-refractivity contribution in [2.75, 3.05) is 5.88 Å². The Morgan fingerprint density at radius 2 is 1.66 bits per heavy atom. The monoisotopic (exact) mass is 464 g/mol. The molecular weight excluding hydrogens is 416 g/mol. The first-order valence-electron chi connectivity index (χ1n) is 13.9. The maximum absolute atomic E-state index is 11.7. The molecule has 4 saturated carbocycles. The molecule has 32 heavy (non-hydrogen) atoms. The number of fused-ring (bicyclic) bond motifs is 5. The fraction of sp³-hybridized carbons (Fsp3) is 0.966. The van der Waals surface area contributed by atoms with Gasteiger partial charge in [-0.3, -0.25) is 4.79 Å². The van der Waals surface area contributed by atoms with Gasteiger partial charge in [0.2, 0.25) is 0 Å². The van der Waals surface area contributed by atoms with Gasteiger partial charge in [-0.25, -0.2) is 0 Å². The van der Waals surface area contributed by atoms with Gasteiger partial charge in [0, 0.05) is 0 Å². The number of hydrogen-bond acceptors (Lipinski definition) is 2. The zero-order chi connectivity index (χ0) is 23.1. The summed E-state index contributed by atoms with van der Waals surface area (Å²) in [6.45, 7) is 12.6. The summed E-state index contributed by atoms with van der Waals surface area (Å²) in [5.41, 5.74) is 1.03. The van der Waals surface area contributed by atoms with Gasteiger partial charge in [0.05, 0.1) is 0 Å². The number of rotatable bonds is 7. The molecule has 0 radical (unpaired) electrons. The first-order valence-corrected chi connectivity index (χ1v) is 14.5. The van der Waals surface area contributed by atoms with Crippen LogP contribution in [-0.2, 0) is 9.53 Å². The number of esters is 1. The van der Waals surface area contributed by atoms with Crippen molar-refractivity contribution in [1.82, 2.24) is 0 Å². The molecule has 0 aromatic carbocycles. The Kier molecular flexibility index (Phi) is 7.61. The van der Waals surface area contributed by atoms with Crippen LogP contribution in [0.4, 0.5) is 0 Å². The molecule has 0 amide bonds. The van der Waals surface area contributed by atoms with Crippen LogP contribution in [0, 0.1) is 52.3 Å². The summed E-state index contributed by atoms with van der Waals surface area (Å²) >= 11 is 5.69. The van der Waals surface area contributed by atoms with Crippen molar-refractivity contribution in [3.8, 4) is 0 Å². The summed E-state index contributed by atoms with van der Waals surface area (Å²) in [5.74, 6) is 5.92. The van der Waals surface area contributed by atoms with E-state index in [0.29, 0.717) is 10.8 Å². The quantitative estimate of drug-likeness (QED) is 0.280. The average molecular weight is 465 g/mol. The minimum Gasteiger partial charge on any atom is -0.461 e. The largest absolute Gasteiger partial charge is 0.461 e. The van der Waals surface area contributed by atoms with Crippen molar-refractivity contribution >= 4 is 17.6 Å². The summed E-state index contributed by atoms with van der Waals surface area (Å²) in [4.78, 5) is 11.7. The molecule has 4 aliphatic carbocycles. The molecule has 0 N–H and O–H groups in total. The molecule has 0 saturated heterocycles. The molecule has 4 aliphatic rings. The molecule has 0 bridgehead atoms. The maximum Gasteiger partial charge on any atom is 0.321 e. The van der Waals surface area contributed by atoms with Crippen molar-refractivity contribution in [1.29, 1.82) is 0 Å². The number of hydrogen-bond donors (Lipinski definition) is 0. The summed E-state index contributed by atoms with van der Waals surface area (Å²) in [6.07, 6.45) is 16.3. The first-order chi connectivity index (χ1) is 15.2. The molecule has 3 heteroatoms. The lowest BCUT2D eigenvalue weighted by Gasteiger charge is -2.61. The van der Waals surface area contributed by atoms with E-state index in [1.165, 1.54) is 64.2 Å². The zero-order valence-electron chi connectivity index (χ0n) is 21.5. The van der Waals surface area contributed by atoms with Gasteiger partial charge in [-0.15, -0.1) is 11.6 Å². The van der Waals surface area contributed by atoms with E-state index in [9.17, 15) is 4.79 Å². The van der Waals surface area contributed by atoms with E-state index in [1.54, 1.807) is 0 Å². The van der Waals surface area contributed by atoms with Crippen LogP contribution in [0.15, 0.2) is 0 Å². The van der Waals surface area contributed by atoms with E-state index in [-0.39, 0.29) is 18.0 Å². The smallest absolute Gasteiger partial charge is 0.321 e. The van der Waals surface area contributed by atoms with Gasteiger partial charge in [0.15, 0.2) is 0 Å². The SMILES string of the molecule is CC(C)CCC[C@@H](C)[C@@H]1CC[C@@H]2[C@@H]3CC[C@H]4C[C@H](OC(=O)CCl)CC[C@]4(C)[C@H]3CC[C@@]21C. The standard InChI is InChI=1S/C29H49ClO2/c1-19(2)7-6-8-20(3)24-11-12-25-23-10-9-21-17-22(32-27(31)18-30)13-15-28(21,4)26(23)14-16-29(24,25)5/h19-26H,6-18H2,1-5H3/t20-,21+,22-,23+,24+,25-,26+,28+,29-/m1/s1. The molecule has 0 heterocycles. The molecule has 184 valence electrons. The predicted molar refractivity (Wildman–Crippen MR) is 134 cm³/mol. The highest BCUT2D eigenvalue weighted by atomic mass is 35.5. The molecule has 9 atom stereocenters. The molecule has 0 aliphatic heterocycles. The third kappa shape index (κ3) is 4.52. The lowest BCUT2D eigenvalue weighted by Crippen LogP contribution is -2.54. The van der Waals surface area contributed by atoms with E-state index >= 15 is 0 Å². The molecule has 0 aromatic heterocycles. The Morgan fingerprint density at radius 3 is 2.38 bits per heavy atom. The summed E-state index contributed by atoms with van der Waals surface area (Å²) in [5, 5.41) is 0. The Bertz CT molecular complexity index is 662. The summed E-state index contributed by atoms with van der Waals surface area (Å²) in [7, 11) is 0. The van der Waals surface area contributed by atoms with Gasteiger partial charge >= 0.3 is 5.97 Å². The third-order valence-corrected chi connectivity index (χ3v) is 11.4. The lowest BCUT2D eigenvalue weighted by atomic mass is 9.44. The van der Waals surface area contributed by atoms with Crippen LogP contribution in [0.25, 0.3) is 0 Å². The van der Waals surface area contributed by atoms with E-state index in [2.05, 4.69) is 34.6 Å². The van der Waals surface area contributed by atoms with Gasteiger partial charge in [0.25, 0.3) is 0 Å². The number of ether oxygens (including phenoxy) is 1. The van der Waals surface area contributed by atoms with E-state index in [0.717, 1.165) is 54.3 Å². The number of halogens is 1. The van der Waals surface area contributed by atoms with E-state index in [4.69, 9.17) is 16.3 Å². The normalized spacial score (nSPS) is 44.5. The minimum absolute atomic E-state index is 0.0134. The topological polar surface area (TPSA) is 26.3 Å². The van der Waals surface area contributed by atoms with Crippen LogP contribution in [0.2, 0.25) is 0 Å². The van der Waals surface area contributed by atoms with Gasteiger partial charge in [-0.05, 0) is 110 Å². The molecule has 0 spiro atoms. The number of alkyl halides is 1. The molecule has 0 unspecified atom stereocenters. The molecule has 4 fully saturated rings. The van der Waals surface area contributed by atoms with E-state index in [1.807, 2.05) is 0 Å². The Labute approximate surface area is 203 Å². The highest BCUT2D eigenvalue weighted by Gasteiger charge is 2.60. The van der Waals surface area contributed by atoms with E-state index < -0.39 is 0 Å². The molecular formula is C29H49ClO2. The third-order valence-electron chi connectivity index (χ3n) is 11.2. The lowest BCUT2D eigenvalue weighted by molar-refractivity contribution is -0.160. The summed E-state index contributed by atoms with van der Waals surface area (Å²) in [6, 6.07) is 0. The second-order valence-corrected chi connectivity index (χ2v) is 13.5. The fourth-order valence-corrected chi connectivity index (χ4v) is 9.63. The first kappa shape index (κ1) is 24.9.